The van der Waals surface area contributed by atoms with Gasteiger partial charge in [-0.05, 0) is 73.2 Å². The third kappa shape index (κ3) is 10.8. The fourth-order valence-corrected chi connectivity index (χ4v) is 12.3. The van der Waals surface area contributed by atoms with Crippen LogP contribution in [0.15, 0.2) is 25.3 Å². The maximum absolute atomic E-state index is 15.7. The summed E-state index contributed by atoms with van der Waals surface area (Å²) >= 11 is 0. The quantitative estimate of drug-likeness (QED) is 0.0306. The zero-order valence-electron chi connectivity index (χ0n) is 48.1. The van der Waals surface area contributed by atoms with E-state index in [1.165, 1.54) is 0 Å². The molecule has 2 aliphatic carbocycles. The molecule has 10 rings (SSSR count). The summed E-state index contributed by atoms with van der Waals surface area (Å²) in [7, 11) is 0. The second-order valence-corrected chi connectivity index (χ2v) is 21.9. The van der Waals surface area contributed by atoms with Crippen LogP contribution in [0, 0.1) is 175 Å². The van der Waals surface area contributed by atoms with Crippen LogP contribution in [0.5, 0.6) is 0 Å². The van der Waals surface area contributed by atoms with Crippen molar-refractivity contribution in [2.24, 2.45) is 0 Å². The lowest BCUT2D eigenvalue weighted by Gasteiger charge is -2.50. The normalized spacial score (nSPS) is 16.8. The molecule has 0 saturated heterocycles. The molecule has 2 fully saturated rings. The minimum atomic E-state index is -5.77. The number of carbonyl (C=O) groups is 2. The van der Waals surface area contributed by atoms with Crippen LogP contribution < -0.4 is 21.9 Å². The monoisotopic (exact) mass is 1440 g/mol. The Kier molecular flexibility index (Phi) is 20.0. The van der Waals surface area contributed by atoms with Crippen LogP contribution in [-0.4, -0.2) is 80.8 Å². The molecule has 6 aromatic carbocycles. The lowest BCUT2D eigenvalue weighted by Crippen LogP contribution is -2.81. The Balaban J connectivity index is 0.000000229. The van der Waals surface area contributed by atoms with Crippen LogP contribution in [0.4, 0.5) is 141 Å². The van der Waals surface area contributed by atoms with Gasteiger partial charge in [-0.15, -0.1) is 0 Å². The first-order chi connectivity index (χ1) is 45.9. The van der Waals surface area contributed by atoms with Gasteiger partial charge in [-0.1, -0.05) is 38.2 Å². The van der Waals surface area contributed by atoms with E-state index in [0.717, 1.165) is 0 Å². The minimum Gasteiger partial charge on any atom is -0.640 e. The summed E-state index contributed by atoms with van der Waals surface area (Å²) in [5.74, 6) is -91.9. The molecule has 8 nitrogen and oxygen atoms in total. The van der Waals surface area contributed by atoms with Crippen molar-refractivity contribution in [3.8, 4) is 0 Å². The number of hydrogen-bond donors (Lipinski definition) is 0. The van der Waals surface area contributed by atoms with Crippen LogP contribution in [0.1, 0.15) is 75.3 Å². The predicted octanol–water partition coefficient (Wildman–Crippen LogP) is 13.5. The third-order valence-corrected chi connectivity index (χ3v) is 16.7. The molecule has 0 bridgehead atoms. The molecule has 40 heteroatoms. The number of hydrogen-bond acceptors (Lipinski definition) is 4. The first kappa shape index (κ1) is 73.0. The van der Waals surface area contributed by atoms with Crippen molar-refractivity contribution in [3.63, 3.8) is 0 Å². The van der Waals surface area contributed by atoms with Crippen LogP contribution in [0.2, 0.25) is 0 Å². The van der Waals surface area contributed by atoms with Gasteiger partial charge in [0.05, 0.1) is 13.1 Å². The molecule has 524 valence electrons. The van der Waals surface area contributed by atoms with Gasteiger partial charge in [0.1, 0.15) is 69.7 Å². The van der Waals surface area contributed by atoms with Crippen molar-refractivity contribution >= 4 is 58.7 Å². The maximum Gasteiger partial charge on any atom is 0.453 e. The van der Waals surface area contributed by atoms with E-state index >= 15 is 52.7 Å². The van der Waals surface area contributed by atoms with Crippen molar-refractivity contribution < 1.29 is 160 Å². The van der Waals surface area contributed by atoms with Gasteiger partial charge in [-0.25, -0.2) is 141 Å². The van der Waals surface area contributed by atoms with E-state index in [1.54, 1.807) is 0 Å². The number of benzene rings is 6. The van der Waals surface area contributed by atoms with Crippen LogP contribution >= 0.6 is 0 Å². The highest BCUT2D eigenvalue weighted by Crippen LogP contribution is 2.39. The average molecular weight is 1440 g/mol. The van der Waals surface area contributed by atoms with E-state index in [2.05, 4.69) is 13.2 Å². The summed E-state index contributed by atoms with van der Waals surface area (Å²) in [6.07, 6.45) is 2.18. The van der Waals surface area contributed by atoms with Gasteiger partial charge >= 0.3 is 25.0 Å². The lowest BCUT2D eigenvalue weighted by molar-refractivity contribution is -0.493. The SMILES string of the molecule is C=CCN1C(=O)[N+](C2CCCCC2)=C(c2c(F)c(F)c(F)c(F)c2F)O[B-]1(c1c(F)c(F)c(F)c(F)c1F)c1c(F)c(F)c(F)c(F)c1F.C=CCN1C(=O)[N+](C2CCCCC2)=C(c2c(F)c(F)c(F)c(F)c2F)O[B-]1(c1c(F)c(F)c(F)c(F)c1F)c1c(F)c(F)c(F)c(F)c1F. The number of carbonyl (C=O) groups excluding carboxylic acids is 2. The topological polar surface area (TPSA) is 65.1 Å². The summed E-state index contributed by atoms with van der Waals surface area (Å²) in [5.41, 5.74) is -15.0. The van der Waals surface area contributed by atoms with Crippen LogP contribution in [-0.2, 0) is 9.31 Å². The van der Waals surface area contributed by atoms with E-state index in [9.17, 15) is 88.6 Å². The Bertz CT molecular complexity index is 3930. The van der Waals surface area contributed by atoms with Crippen molar-refractivity contribution in [1.82, 2.24) is 9.62 Å². The zero-order valence-corrected chi connectivity index (χ0v) is 48.1. The van der Waals surface area contributed by atoms with E-state index in [-0.39, 0.29) is 70.1 Å². The number of nitrogens with zero attached hydrogens (tertiary/aromatic N) is 4. The van der Waals surface area contributed by atoms with Gasteiger partial charge in [-0.2, -0.15) is 9.15 Å². The summed E-state index contributed by atoms with van der Waals surface area (Å²) < 4.78 is 460. The average Bonchev–Trinajstić information content (AvgIpc) is 0.699. The standard InChI is InChI=1S/2C29H16BF15N2O2/c2*1-2-8-46-29(48)47(9-6-4-3-5-7-9)28(10-13(31)19(37)25(43)20(38)14(10)32)49-30(46,11-15(33)21(39)26(44)22(40)16(11)34)12-17(35)23(41)27(45)24(42)18(12)36/h2*2,9H,1,3-8H2. The molecular weight excluding hydrogens is 1410 g/mol. The summed E-state index contributed by atoms with van der Waals surface area (Å²) in [6.45, 7) is -7.87. The molecule has 2 aliphatic heterocycles. The molecule has 0 radical (unpaired) electrons. The molecular formula is C58H32B2F30N4O4. The first-order valence-corrected chi connectivity index (χ1v) is 27.9. The van der Waals surface area contributed by atoms with Gasteiger partial charge in [0.2, 0.25) is 11.6 Å². The Morgan fingerprint density at radius 3 is 0.653 bits per heavy atom. The number of rotatable bonds is 12. The molecule has 0 aromatic heterocycles. The molecule has 2 heterocycles. The number of urea groups is 2. The third-order valence-electron chi connectivity index (χ3n) is 16.7. The Morgan fingerprint density at radius 1 is 0.296 bits per heavy atom. The molecule has 4 amide bonds. The summed E-state index contributed by atoms with van der Waals surface area (Å²) in [4.78, 5) is 28.1. The molecule has 98 heavy (non-hydrogen) atoms. The van der Waals surface area contributed by atoms with Crippen molar-refractivity contribution in [3.05, 3.63) is 211 Å². The van der Waals surface area contributed by atoms with Gasteiger partial charge < -0.3 is 18.9 Å². The number of amides is 4. The highest BCUT2D eigenvalue weighted by atomic mass is 19.2. The van der Waals surface area contributed by atoms with E-state index in [4.69, 9.17) is 9.31 Å². The van der Waals surface area contributed by atoms with E-state index in [0.29, 0.717) is 25.0 Å². The zero-order chi connectivity index (χ0) is 72.9. The fraction of sp³-hybridized carbons (Fsp3) is 0.241. The van der Waals surface area contributed by atoms with Gasteiger partial charge in [-0.3, -0.25) is 0 Å². The summed E-state index contributed by atoms with van der Waals surface area (Å²) in [6, 6.07) is -6.74. The lowest BCUT2D eigenvalue weighted by atomic mass is 9.39. The van der Waals surface area contributed by atoms with Gasteiger partial charge in [0.25, 0.3) is 11.8 Å². The summed E-state index contributed by atoms with van der Waals surface area (Å²) in [5, 5.41) is 0. The highest BCUT2D eigenvalue weighted by molar-refractivity contribution is 6.98. The Hall–Kier alpha value is -9.29. The van der Waals surface area contributed by atoms with Crippen molar-refractivity contribution in [2.45, 2.75) is 76.3 Å². The smallest absolute Gasteiger partial charge is 0.453 e. The largest absolute Gasteiger partial charge is 0.640 e. The van der Waals surface area contributed by atoms with E-state index < -0.39 is 269 Å². The van der Waals surface area contributed by atoms with Crippen molar-refractivity contribution in [1.29, 1.82) is 0 Å². The molecule has 0 spiro atoms. The second-order valence-electron chi connectivity index (χ2n) is 21.9. The highest BCUT2D eigenvalue weighted by Gasteiger charge is 2.64. The molecule has 0 atom stereocenters. The van der Waals surface area contributed by atoms with Crippen LogP contribution in [0.3, 0.4) is 0 Å². The first-order valence-electron chi connectivity index (χ1n) is 27.9. The van der Waals surface area contributed by atoms with Gasteiger partial charge in [0.15, 0.2) is 116 Å². The van der Waals surface area contributed by atoms with Crippen LogP contribution in [0.25, 0.3) is 0 Å². The predicted molar refractivity (Wildman–Crippen MR) is 277 cm³/mol. The molecule has 4 aliphatic rings. The number of halogens is 30. The molecule has 2 saturated carbocycles. The molecule has 6 aromatic rings. The maximum atomic E-state index is 15.7. The Labute approximate surface area is 527 Å². The second kappa shape index (κ2) is 26.9. The fourth-order valence-electron chi connectivity index (χ4n) is 12.3. The molecule has 0 unspecified atom stereocenters. The minimum absolute atomic E-state index is 0.138. The van der Waals surface area contributed by atoms with E-state index in [1.807, 2.05) is 0 Å². The van der Waals surface area contributed by atoms with Gasteiger partial charge in [0, 0.05) is 0 Å². The van der Waals surface area contributed by atoms with Crippen molar-refractivity contribution in [2.75, 3.05) is 13.1 Å². The Morgan fingerprint density at radius 2 is 0.469 bits per heavy atom. The molecule has 0 N–H and O–H groups in total.